The lowest BCUT2D eigenvalue weighted by molar-refractivity contribution is 0.202. The molecule has 0 amide bonds. The largest absolute Gasteiger partial charge is 0.313 e. The zero-order valence-corrected chi connectivity index (χ0v) is 7.97. The van der Waals surface area contributed by atoms with Crippen molar-refractivity contribution < 1.29 is 0 Å². The Labute approximate surface area is 76.4 Å². The Bertz CT molecular complexity index is 234. The summed E-state index contributed by atoms with van der Waals surface area (Å²) in [7, 11) is 2.16. The zero-order chi connectivity index (χ0) is 8.39. The maximum atomic E-state index is 4.33. The van der Waals surface area contributed by atoms with Crippen molar-refractivity contribution in [1.82, 2.24) is 15.2 Å². The maximum Gasteiger partial charge on any atom is 0.111 e. The lowest BCUT2D eigenvalue weighted by atomic mass is 10.2. The molecule has 3 nitrogen and oxygen atoms in total. The number of nitrogens with zero attached hydrogens (tertiary/aromatic N) is 2. The number of rotatable bonds is 1. The molecule has 2 rings (SSSR count). The van der Waals surface area contributed by atoms with Crippen LogP contribution in [0.25, 0.3) is 0 Å². The van der Waals surface area contributed by atoms with Crippen LogP contribution in [0.1, 0.15) is 11.0 Å². The fourth-order valence-electron chi connectivity index (χ4n) is 1.48. The Balaban J connectivity index is 2.11. The molecular weight excluding hydrogens is 170 g/mol. The van der Waals surface area contributed by atoms with Gasteiger partial charge in [0.05, 0.1) is 6.04 Å². The summed E-state index contributed by atoms with van der Waals surface area (Å²) >= 11 is 1.74. The number of likely N-dealkylation sites (N-methyl/N-ethyl adjacent to an activating group) is 1. The molecular formula is C8H13N3S. The van der Waals surface area contributed by atoms with E-state index in [1.807, 2.05) is 11.6 Å². The topological polar surface area (TPSA) is 28.2 Å². The average Bonchev–Trinajstić information content (AvgIpc) is 2.57. The van der Waals surface area contributed by atoms with Gasteiger partial charge in [0.2, 0.25) is 0 Å². The number of aromatic nitrogens is 1. The van der Waals surface area contributed by atoms with E-state index < -0.39 is 0 Å². The highest BCUT2D eigenvalue weighted by Crippen LogP contribution is 2.21. The third-order valence-corrected chi connectivity index (χ3v) is 3.12. The van der Waals surface area contributed by atoms with E-state index in [0.29, 0.717) is 6.04 Å². The SMILES string of the molecule is CN1CCNCC1c1nccs1. The lowest BCUT2D eigenvalue weighted by Crippen LogP contribution is -2.43. The second-order valence-corrected chi connectivity index (χ2v) is 4.00. The van der Waals surface area contributed by atoms with Crippen LogP contribution >= 0.6 is 11.3 Å². The first-order chi connectivity index (χ1) is 5.88. The molecule has 0 bridgehead atoms. The Morgan fingerprint density at radius 3 is 3.33 bits per heavy atom. The van der Waals surface area contributed by atoms with Crippen LogP contribution in [0.3, 0.4) is 0 Å². The summed E-state index contributed by atoms with van der Waals surface area (Å²) in [6, 6.07) is 0.485. The molecule has 1 saturated heterocycles. The molecule has 1 aliphatic rings. The van der Waals surface area contributed by atoms with E-state index in [1.54, 1.807) is 11.3 Å². The first-order valence-electron chi connectivity index (χ1n) is 4.18. The van der Waals surface area contributed by atoms with E-state index in [9.17, 15) is 0 Å². The van der Waals surface area contributed by atoms with Crippen LogP contribution in [0.5, 0.6) is 0 Å². The summed E-state index contributed by atoms with van der Waals surface area (Å²) in [5, 5.41) is 6.64. The fourth-order valence-corrected chi connectivity index (χ4v) is 2.28. The van der Waals surface area contributed by atoms with E-state index in [0.717, 1.165) is 19.6 Å². The molecule has 2 heterocycles. The van der Waals surface area contributed by atoms with Gasteiger partial charge in [-0.05, 0) is 7.05 Å². The van der Waals surface area contributed by atoms with Crippen LogP contribution < -0.4 is 5.32 Å². The Morgan fingerprint density at radius 1 is 1.75 bits per heavy atom. The van der Waals surface area contributed by atoms with Gasteiger partial charge in [-0.3, -0.25) is 4.90 Å². The van der Waals surface area contributed by atoms with Gasteiger partial charge < -0.3 is 5.32 Å². The van der Waals surface area contributed by atoms with Gasteiger partial charge in [-0.15, -0.1) is 11.3 Å². The molecule has 1 N–H and O–H groups in total. The predicted octanol–water partition coefficient (Wildman–Crippen LogP) is 0.719. The standard InChI is InChI=1S/C8H13N3S/c1-11-4-2-9-6-7(11)8-10-3-5-12-8/h3,5,7,9H,2,4,6H2,1H3. The van der Waals surface area contributed by atoms with E-state index in [2.05, 4.69) is 22.2 Å². The van der Waals surface area contributed by atoms with Gasteiger partial charge in [0, 0.05) is 31.2 Å². The highest BCUT2D eigenvalue weighted by molar-refractivity contribution is 7.09. The molecule has 0 aromatic carbocycles. The van der Waals surface area contributed by atoms with Crippen LogP contribution in [-0.2, 0) is 0 Å². The molecule has 1 fully saturated rings. The highest BCUT2D eigenvalue weighted by atomic mass is 32.1. The van der Waals surface area contributed by atoms with Crippen molar-refractivity contribution in [1.29, 1.82) is 0 Å². The van der Waals surface area contributed by atoms with Crippen molar-refractivity contribution in [3.05, 3.63) is 16.6 Å². The number of hydrogen-bond acceptors (Lipinski definition) is 4. The molecule has 1 aromatic rings. The van der Waals surface area contributed by atoms with Crippen LogP contribution in [0.2, 0.25) is 0 Å². The van der Waals surface area contributed by atoms with Gasteiger partial charge in [0.25, 0.3) is 0 Å². The summed E-state index contributed by atoms with van der Waals surface area (Å²) in [6.07, 6.45) is 1.88. The maximum absolute atomic E-state index is 4.33. The molecule has 1 unspecified atom stereocenters. The van der Waals surface area contributed by atoms with Crippen molar-refractivity contribution in [2.45, 2.75) is 6.04 Å². The fraction of sp³-hybridized carbons (Fsp3) is 0.625. The Kier molecular flexibility index (Phi) is 2.39. The second-order valence-electron chi connectivity index (χ2n) is 3.07. The van der Waals surface area contributed by atoms with Crippen molar-refractivity contribution >= 4 is 11.3 Å². The molecule has 12 heavy (non-hydrogen) atoms. The van der Waals surface area contributed by atoms with E-state index in [-0.39, 0.29) is 0 Å². The van der Waals surface area contributed by atoms with E-state index in [4.69, 9.17) is 0 Å². The number of nitrogens with one attached hydrogen (secondary N) is 1. The Hall–Kier alpha value is -0.450. The van der Waals surface area contributed by atoms with Gasteiger partial charge in [0.1, 0.15) is 5.01 Å². The molecule has 1 aromatic heterocycles. The van der Waals surface area contributed by atoms with Crippen molar-refractivity contribution in [3.63, 3.8) is 0 Å². The second kappa shape index (κ2) is 3.51. The molecule has 0 spiro atoms. The lowest BCUT2D eigenvalue weighted by Gasteiger charge is -2.31. The van der Waals surface area contributed by atoms with Crippen LogP contribution in [-0.4, -0.2) is 36.6 Å². The monoisotopic (exact) mass is 183 g/mol. The molecule has 1 atom stereocenters. The molecule has 0 saturated carbocycles. The molecule has 66 valence electrons. The van der Waals surface area contributed by atoms with Gasteiger partial charge in [-0.1, -0.05) is 0 Å². The summed E-state index contributed by atoms with van der Waals surface area (Å²) in [6.45, 7) is 3.24. The smallest absolute Gasteiger partial charge is 0.111 e. The minimum Gasteiger partial charge on any atom is -0.313 e. The molecule has 0 aliphatic carbocycles. The first kappa shape index (κ1) is 8.16. The normalized spacial score (nSPS) is 25.9. The van der Waals surface area contributed by atoms with Gasteiger partial charge >= 0.3 is 0 Å². The van der Waals surface area contributed by atoms with Gasteiger partial charge in [0.15, 0.2) is 0 Å². The molecule has 4 heteroatoms. The third-order valence-electron chi connectivity index (χ3n) is 2.25. The quantitative estimate of drug-likeness (QED) is 0.695. The van der Waals surface area contributed by atoms with Gasteiger partial charge in [-0.25, -0.2) is 4.98 Å². The molecule has 1 aliphatic heterocycles. The first-order valence-corrected chi connectivity index (χ1v) is 5.06. The van der Waals surface area contributed by atoms with E-state index in [1.165, 1.54) is 5.01 Å². The van der Waals surface area contributed by atoms with Crippen molar-refractivity contribution in [2.75, 3.05) is 26.7 Å². The van der Waals surface area contributed by atoms with Crippen LogP contribution in [0.4, 0.5) is 0 Å². The zero-order valence-electron chi connectivity index (χ0n) is 7.16. The van der Waals surface area contributed by atoms with Crippen LogP contribution in [0.15, 0.2) is 11.6 Å². The van der Waals surface area contributed by atoms with Gasteiger partial charge in [-0.2, -0.15) is 0 Å². The summed E-state index contributed by atoms with van der Waals surface area (Å²) in [5.74, 6) is 0. The summed E-state index contributed by atoms with van der Waals surface area (Å²) in [4.78, 5) is 6.68. The third kappa shape index (κ3) is 1.50. The Morgan fingerprint density at radius 2 is 2.67 bits per heavy atom. The number of hydrogen-bond donors (Lipinski definition) is 1. The minimum atomic E-state index is 0.485. The molecule has 0 radical (unpaired) electrons. The van der Waals surface area contributed by atoms with Crippen LogP contribution in [0, 0.1) is 0 Å². The minimum absolute atomic E-state index is 0.485. The summed E-state index contributed by atoms with van der Waals surface area (Å²) in [5.41, 5.74) is 0. The van der Waals surface area contributed by atoms with E-state index >= 15 is 0 Å². The average molecular weight is 183 g/mol. The summed E-state index contributed by atoms with van der Waals surface area (Å²) < 4.78 is 0. The highest BCUT2D eigenvalue weighted by Gasteiger charge is 2.21. The number of piperazine rings is 1. The van der Waals surface area contributed by atoms with Crippen molar-refractivity contribution in [2.24, 2.45) is 0 Å². The van der Waals surface area contributed by atoms with Crippen molar-refractivity contribution in [3.8, 4) is 0 Å². The predicted molar refractivity (Wildman–Crippen MR) is 50.4 cm³/mol. The number of thiazole rings is 1.